The van der Waals surface area contributed by atoms with Crippen LogP contribution in [0, 0.1) is 13.8 Å². The van der Waals surface area contributed by atoms with Crippen molar-refractivity contribution < 1.29 is 9.21 Å². The summed E-state index contributed by atoms with van der Waals surface area (Å²) in [7, 11) is 0. The standard InChI is InChI=1S/C16H15N3O3S/c1-9-6-10(2)19(16(21)13(9)14(17)20)7-11-8-22-15(18-11)12-4-3-5-23-12/h3-6,8H,7H2,1-2H3,(H2,17,20). The molecule has 0 radical (unpaired) electrons. The van der Waals surface area contributed by atoms with E-state index >= 15 is 0 Å². The first-order valence-electron chi connectivity index (χ1n) is 6.96. The number of amides is 1. The van der Waals surface area contributed by atoms with Crippen molar-refractivity contribution in [1.82, 2.24) is 9.55 Å². The molecule has 3 aromatic heterocycles. The molecule has 0 fully saturated rings. The number of rotatable bonds is 4. The summed E-state index contributed by atoms with van der Waals surface area (Å²) in [5, 5.41) is 1.94. The van der Waals surface area contributed by atoms with E-state index in [2.05, 4.69) is 4.98 Å². The molecule has 0 bridgehead atoms. The highest BCUT2D eigenvalue weighted by molar-refractivity contribution is 7.13. The predicted molar refractivity (Wildman–Crippen MR) is 87.6 cm³/mol. The molecule has 6 nitrogen and oxygen atoms in total. The van der Waals surface area contributed by atoms with Gasteiger partial charge in [-0.1, -0.05) is 6.07 Å². The fraction of sp³-hybridized carbons (Fsp3) is 0.188. The number of nitrogens with two attached hydrogens (primary N) is 1. The highest BCUT2D eigenvalue weighted by atomic mass is 32.1. The van der Waals surface area contributed by atoms with Crippen LogP contribution in [0.5, 0.6) is 0 Å². The summed E-state index contributed by atoms with van der Waals surface area (Å²) in [6.45, 7) is 3.73. The van der Waals surface area contributed by atoms with Crippen molar-refractivity contribution in [3.05, 3.63) is 62.7 Å². The first-order chi connectivity index (χ1) is 11.0. The Bertz CT molecular complexity index is 923. The second-order valence-electron chi connectivity index (χ2n) is 5.22. The van der Waals surface area contributed by atoms with Crippen LogP contribution in [-0.2, 0) is 6.54 Å². The average Bonchev–Trinajstić information content (AvgIpc) is 3.13. The van der Waals surface area contributed by atoms with E-state index in [0.717, 1.165) is 10.6 Å². The van der Waals surface area contributed by atoms with E-state index in [-0.39, 0.29) is 12.1 Å². The van der Waals surface area contributed by atoms with Gasteiger partial charge in [0, 0.05) is 5.69 Å². The van der Waals surface area contributed by atoms with E-state index in [9.17, 15) is 9.59 Å². The Labute approximate surface area is 136 Å². The molecular formula is C16H15N3O3S. The van der Waals surface area contributed by atoms with Gasteiger partial charge in [-0.05, 0) is 36.9 Å². The van der Waals surface area contributed by atoms with Crippen LogP contribution in [0.25, 0.3) is 10.8 Å². The van der Waals surface area contributed by atoms with Gasteiger partial charge < -0.3 is 14.7 Å². The summed E-state index contributed by atoms with van der Waals surface area (Å²) in [4.78, 5) is 29.3. The monoisotopic (exact) mass is 329 g/mol. The topological polar surface area (TPSA) is 91.1 Å². The van der Waals surface area contributed by atoms with Gasteiger partial charge in [0.15, 0.2) is 0 Å². The zero-order valence-corrected chi connectivity index (χ0v) is 13.5. The lowest BCUT2D eigenvalue weighted by atomic mass is 10.1. The van der Waals surface area contributed by atoms with Crippen LogP contribution in [0.15, 0.2) is 39.1 Å². The maximum Gasteiger partial charge on any atom is 0.264 e. The fourth-order valence-electron chi connectivity index (χ4n) is 2.48. The van der Waals surface area contributed by atoms with E-state index in [1.165, 1.54) is 22.2 Å². The highest BCUT2D eigenvalue weighted by Crippen LogP contribution is 2.23. The molecule has 0 aliphatic rings. The molecule has 0 aromatic carbocycles. The van der Waals surface area contributed by atoms with Gasteiger partial charge in [-0.3, -0.25) is 9.59 Å². The van der Waals surface area contributed by atoms with Crippen LogP contribution in [0.2, 0.25) is 0 Å². The molecule has 0 aliphatic carbocycles. The molecule has 1 amide bonds. The van der Waals surface area contributed by atoms with Crippen molar-refractivity contribution >= 4 is 17.2 Å². The van der Waals surface area contributed by atoms with Gasteiger partial charge in [-0.15, -0.1) is 11.3 Å². The first kappa shape index (κ1) is 15.2. The second-order valence-corrected chi connectivity index (χ2v) is 6.17. The van der Waals surface area contributed by atoms with E-state index in [1.54, 1.807) is 19.9 Å². The summed E-state index contributed by atoms with van der Waals surface area (Å²) in [5.41, 5.74) is 6.84. The molecule has 3 aromatic rings. The lowest BCUT2D eigenvalue weighted by Gasteiger charge is -2.11. The molecule has 7 heteroatoms. The summed E-state index contributed by atoms with van der Waals surface area (Å²) < 4.78 is 6.93. The lowest BCUT2D eigenvalue weighted by Crippen LogP contribution is -2.32. The van der Waals surface area contributed by atoms with Gasteiger partial charge in [0.25, 0.3) is 11.5 Å². The van der Waals surface area contributed by atoms with E-state index < -0.39 is 11.5 Å². The summed E-state index contributed by atoms with van der Waals surface area (Å²) >= 11 is 1.52. The van der Waals surface area contributed by atoms with Crippen LogP contribution in [0.3, 0.4) is 0 Å². The van der Waals surface area contributed by atoms with Crippen molar-refractivity contribution in [3.8, 4) is 10.8 Å². The summed E-state index contributed by atoms with van der Waals surface area (Å²) in [6.07, 6.45) is 1.52. The van der Waals surface area contributed by atoms with Gasteiger partial charge in [-0.2, -0.15) is 0 Å². The zero-order chi connectivity index (χ0) is 16.6. The zero-order valence-electron chi connectivity index (χ0n) is 12.7. The van der Waals surface area contributed by atoms with Crippen LogP contribution < -0.4 is 11.3 Å². The van der Waals surface area contributed by atoms with Crippen LogP contribution in [-0.4, -0.2) is 15.5 Å². The minimum absolute atomic E-state index is 0.0116. The number of aromatic nitrogens is 2. The van der Waals surface area contributed by atoms with Gasteiger partial charge in [0.2, 0.25) is 5.89 Å². The molecule has 0 saturated heterocycles. The molecule has 0 saturated carbocycles. The number of carbonyl (C=O) groups is 1. The molecule has 23 heavy (non-hydrogen) atoms. The number of primary amides is 1. The predicted octanol–water partition coefficient (Wildman–Crippen LogP) is 2.33. The molecule has 0 aliphatic heterocycles. The molecule has 0 atom stereocenters. The van der Waals surface area contributed by atoms with Crippen molar-refractivity contribution in [2.75, 3.05) is 0 Å². The maximum absolute atomic E-state index is 12.5. The Hall–Kier alpha value is -2.67. The van der Waals surface area contributed by atoms with E-state index in [1.807, 2.05) is 17.5 Å². The van der Waals surface area contributed by atoms with Gasteiger partial charge in [-0.25, -0.2) is 4.98 Å². The van der Waals surface area contributed by atoms with Crippen molar-refractivity contribution in [3.63, 3.8) is 0 Å². The Morgan fingerprint density at radius 2 is 2.22 bits per heavy atom. The lowest BCUT2D eigenvalue weighted by molar-refractivity contribution is 0.0997. The number of carbonyl (C=O) groups excluding carboxylic acids is 1. The molecular weight excluding hydrogens is 314 g/mol. The molecule has 2 N–H and O–H groups in total. The van der Waals surface area contributed by atoms with Crippen molar-refractivity contribution in [1.29, 1.82) is 0 Å². The molecule has 3 heterocycles. The average molecular weight is 329 g/mol. The number of hydrogen-bond donors (Lipinski definition) is 1. The molecule has 0 unspecified atom stereocenters. The number of pyridine rings is 1. The van der Waals surface area contributed by atoms with Crippen LogP contribution in [0.1, 0.15) is 27.3 Å². The molecule has 0 spiro atoms. The smallest absolute Gasteiger partial charge is 0.264 e. The minimum Gasteiger partial charge on any atom is -0.443 e. The Balaban J connectivity index is 1.99. The number of nitrogens with zero attached hydrogens (tertiary/aromatic N) is 2. The molecule has 3 rings (SSSR count). The Morgan fingerprint density at radius 1 is 1.43 bits per heavy atom. The number of aryl methyl sites for hydroxylation is 2. The number of hydrogen-bond acceptors (Lipinski definition) is 5. The van der Waals surface area contributed by atoms with Crippen LogP contribution >= 0.6 is 11.3 Å². The van der Waals surface area contributed by atoms with E-state index in [4.69, 9.17) is 10.2 Å². The fourth-order valence-corrected chi connectivity index (χ4v) is 3.13. The van der Waals surface area contributed by atoms with Crippen molar-refractivity contribution in [2.24, 2.45) is 5.73 Å². The number of oxazole rings is 1. The normalized spacial score (nSPS) is 10.9. The first-order valence-corrected chi connectivity index (χ1v) is 7.84. The minimum atomic E-state index is -0.722. The largest absolute Gasteiger partial charge is 0.443 e. The third kappa shape index (κ3) is 2.83. The van der Waals surface area contributed by atoms with Gasteiger partial charge in [0.05, 0.1) is 17.1 Å². The Kier molecular flexibility index (Phi) is 3.87. The third-order valence-electron chi connectivity index (χ3n) is 3.55. The summed E-state index contributed by atoms with van der Waals surface area (Å²) in [5.74, 6) is -0.205. The van der Waals surface area contributed by atoms with Gasteiger partial charge in [0.1, 0.15) is 11.8 Å². The second kappa shape index (κ2) is 5.85. The highest BCUT2D eigenvalue weighted by Gasteiger charge is 2.16. The third-order valence-corrected chi connectivity index (χ3v) is 4.41. The van der Waals surface area contributed by atoms with E-state index in [0.29, 0.717) is 17.1 Å². The van der Waals surface area contributed by atoms with Crippen LogP contribution in [0.4, 0.5) is 0 Å². The van der Waals surface area contributed by atoms with Gasteiger partial charge >= 0.3 is 0 Å². The maximum atomic E-state index is 12.5. The van der Waals surface area contributed by atoms with Crippen molar-refractivity contribution in [2.45, 2.75) is 20.4 Å². The molecule has 118 valence electrons. The number of thiophene rings is 1. The Morgan fingerprint density at radius 3 is 2.87 bits per heavy atom. The summed E-state index contributed by atoms with van der Waals surface area (Å²) in [6, 6.07) is 5.59. The SMILES string of the molecule is Cc1cc(C)n(Cc2coc(-c3cccs3)n2)c(=O)c1C(N)=O. The quantitative estimate of drug-likeness (QED) is 0.795.